The minimum atomic E-state index is -1.68. The second-order valence-electron chi connectivity index (χ2n) is 4.92. The number of nitrogens with zero attached hydrogens (tertiary/aromatic N) is 1. The number of hydrogen-bond acceptors (Lipinski definition) is 3. The van der Waals surface area contributed by atoms with Crippen molar-refractivity contribution >= 4 is 19.5 Å². The Morgan fingerprint density at radius 3 is 2.19 bits per heavy atom. The summed E-state index contributed by atoms with van der Waals surface area (Å²) in [5.74, 6) is -0.0837. The lowest BCUT2D eigenvalue weighted by molar-refractivity contribution is -0.861. The molecule has 0 aromatic rings. The van der Waals surface area contributed by atoms with Crippen molar-refractivity contribution in [1.29, 1.82) is 0 Å². The molecule has 0 saturated heterocycles. The van der Waals surface area contributed by atoms with Crippen molar-refractivity contribution in [3.05, 3.63) is 12.2 Å². The predicted octanol–water partition coefficient (Wildman–Crippen LogP) is 1.14. The summed E-state index contributed by atoms with van der Waals surface area (Å²) >= 11 is 0. The lowest BCUT2D eigenvalue weighted by Gasteiger charge is -2.23. The van der Waals surface area contributed by atoms with E-state index in [0.29, 0.717) is 16.6 Å². The molecule has 0 aliphatic heterocycles. The number of hydrogen-bond donors (Lipinski definition) is 1. The van der Waals surface area contributed by atoms with Crippen molar-refractivity contribution in [2.24, 2.45) is 0 Å². The van der Waals surface area contributed by atoms with Gasteiger partial charge >= 0.3 is 0 Å². The molecule has 1 unspecified atom stereocenters. The third kappa shape index (κ3) is 6.83. The Morgan fingerprint density at radius 1 is 1.31 bits per heavy atom. The Morgan fingerprint density at radius 2 is 1.81 bits per heavy atom. The first-order chi connectivity index (χ1) is 7.13. The van der Waals surface area contributed by atoms with E-state index in [2.05, 4.69) is 6.58 Å². The zero-order valence-electron chi connectivity index (χ0n) is 10.5. The number of Topliss-reactive ketones (excluding diaryl/α,β-unsaturated/α-hetero) is 1. The molecule has 0 aliphatic carbocycles. The fraction of sp³-hybridized carbons (Fsp3) is 0.636. The van der Waals surface area contributed by atoms with Gasteiger partial charge < -0.3 is 9.38 Å². The van der Waals surface area contributed by atoms with Crippen LogP contribution in [0.15, 0.2) is 12.2 Å². The summed E-state index contributed by atoms with van der Waals surface area (Å²) in [5, 5.41) is 0. The molecule has 0 saturated carbocycles. The molecule has 0 aromatic carbocycles. The van der Waals surface area contributed by atoms with Gasteiger partial charge in [-0.05, 0) is 12.5 Å². The molecule has 0 heterocycles. The summed E-state index contributed by atoms with van der Waals surface area (Å²) in [6.07, 6.45) is 0.459. The quantitative estimate of drug-likeness (QED) is 0.416. The van der Waals surface area contributed by atoms with E-state index >= 15 is 0 Å². The van der Waals surface area contributed by atoms with Crippen molar-refractivity contribution in [1.82, 2.24) is 0 Å². The number of allylic oxidation sites excluding steroid dienone is 1. The highest BCUT2D eigenvalue weighted by Gasteiger charge is 2.22. The molecule has 0 fully saturated rings. The monoisotopic (exact) mass is 246 g/mol. The molecular weight excluding hydrogens is 225 g/mol. The third-order valence-corrected chi connectivity index (χ3v) is 3.29. The molecule has 92 valence electrons. The molecule has 0 spiro atoms. The maximum atomic E-state index is 11.6. The van der Waals surface area contributed by atoms with Crippen molar-refractivity contribution < 1.29 is 19.0 Å². The van der Waals surface area contributed by atoms with E-state index in [0.717, 1.165) is 0 Å². The van der Waals surface area contributed by atoms with Gasteiger partial charge in [0, 0.05) is 12.6 Å². The summed E-state index contributed by atoms with van der Waals surface area (Å²) in [6, 6.07) is 0. The topological polar surface area (TPSA) is 54.4 Å². The first-order valence-electron chi connectivity index (χ1n) is 5.12. The Kier molecular flexibility index (Phi) is 6.01. The largest absolute Gasteiger partial charge is 0.366 e. The van der Waals surface area contributed by atoms with Crippen LogP contribution in [-0.2, 0) is 9.59 Å². The first kappa shape index (κ1) is 15.4. The van der Waals surface area contributed by atoms with Crippen LogP contribution in [0.5, 0.6) is 0 Å². The van der Waals surface area contributed by atoms with Gasteiger partial charge in [-0.25, -0.2) is 0 Å². The second kappa shape index (κ2) is 6.24. The zero-order chi connectivity index (χ0) is 12.9. The van der Waals surface area contributed by atoms with E-state index in [4.69, 9.17) is 0 Å². The van der Waals surface area contributed by atoms with Gasteiger partial charge in [0.25, 0.3) is 0 Å². The Bertz CT molecular complexity index is 294. The molecule has 0 rings (SSSR count). The maximum absolute atomic E-state index is 11.6. The highest BCUT2D eigenvalue weighted by atomic mass is 31.1. The van der Waals surface area contributed by atoms with Gasteiger partial charge in [-0.15, -0.1) is 0 Å². The van der Waals surface area contributed by atoms with E-state index in [-0.39, 0.29) is 23.9 Å². The molecule has 0 aliphatic rings. The van der Waals surface area contributed by atoms with Gasteiger partial charge in [0.1, 0.15) is 14.7 Å². The molecule has 5 heteroatoms. The summed E-state index contributed by atoms with van der Waals surface area (Å²) < 4.78 is 0.493. The number of ketones is 1. The lowest BCUT2D eigenvalue weighted by Crippen LogP contribution is -2.39. The summed E-state index contributed by atoms with van der Waals surface area (Å²) in [7, 11) is 3.99. The molecule has 0 bridgehead atoms. The van der Waals surface area contributed by atoms with Crippen molar-refractivity contribution in [2.45, 2.75) is 13.3 Å². The van der Waals surface area contributed by atoms with Gasteiger partial charge in [0.05, 0.1) is 21.1 Å². The average molecular weight is 246 g/mol. The molecule has 1 atom stereocenters. The smallest absolute Gasteiger partial charge is 0.234 e. The van der Waals surface area contributed by atoms with Crippen molar-refractivity contribution in [3.63, 3.8) is 0 Å². The summed E-state index contributed by atoms with van der Waals surface area (Å²) in [6.45, 7) is 5.46. The standard InChI is InChI=1S/C11H21NO3P/c1-9(2)10(13)6-7-16(15)11(14)8-12(3,4)5/h15H,1,6-8H2,2-5H3/q+1. The van der Waals surface area contributed by atoms with Gasteiger partial charge in [0.15, 0.2) is 5.78 Å². The number of carbonyl (C=O) groups is 2. The van der Waals surface area contributed by atoms with Crippen LogP contribution in [-0.4, -0.2) is 54.5 Å². The molecule has 4 nitrogen and oxygen atoms in total. The molecule has 16 heavy (non-hydrogen) atoms. The number of carbonyl (C=O) groups excluding carboxylic acids is 2. The van der Waals surface area contributed by atoms with Gasteiger partial charge in [0.2, 0.25) is 5.52 Å². The van der Waals surface area contributed by atoms with E-state index in [9.17, 15) is 14.5 Å². The van der Waals surface area contributed by atoms with Crippen LogP contribution in [0, 0.1) is 0 Å². The second-order valence-corrected chi connectivity index (χ2v) is 6.66. The zero-order valence-corrected chi connectivity index (χ0v) is 11.4. The average Bonchev–Trinajstić information content (AvgIpc) is 2.10. The van der Waals surface area contributed by atoms with Crippen LogP contribution in [0.2, 0.25) is 0 Å². The van der Waals surface area contributed by atoms with Crippen LogP contribution < -0.4 is 0 Å². The molecule has 0 amide bonds. The highest BCUT2D eigenvalue weighted by molar-refractivity contribution is 7.69. The fourth-order valence-corrected chi connectivity index (χ4v) is 2.28. The maximum Gasteiger partial charge on any atom is 0.234 e. The number of likely N-dealkylation sites (N-methyl/N-ethyl adjacent to an activating group) is 1. The van der Waals surface area contributed by atoms with Crippen LogP contribution >= 0.6 is 8.15 Å². The van der Waals surface area contributed by atoms with Gasteiger partial charge in [-0.2, -0.15) is 0 Å². The number of rotatable bonds is 7. The minimum absolute atomic E-state index is 0.0837. The molecule has 1 N–H and O–H groups in total. The van der Waals surface area contributed by atoms with Gasteiger partial charge in [-0.3, -0.25) is 9.59 Å². The van der Waals surface area contributed by atoms with E-state index in [1.165, 1.54) is 0 Å². The normalized spacial score (nSPS) is 13.3. The van der Waals surface area contributed by atoms with Crippen LogP contribution in [0.3, 0.4) is 0 Å². The van der Waals surface area contributed by atoms with Crippen molar-refractivity contribution in [2.75, 3.05) is 33.8 Å². The fourth-order valence-electron chi connectivity index (χ4n) is 1.03. The lowest BCUT2D eigenvalue weighted by atomic mass is 10.2. The van der Waals surface area contributed by atoms with Crippen LogP contribution in [0.1, 0.15) is 13.3 Å². The van der Waals surface area contributed by atoms with Crippen LogP contribution in [0.25, 0.3) is 0 Å². The van der Waals surface area contributed by atoms with Crippen LogP contribution in [0.4, 0.5) is 0 Å². The molecular formula is C11H21NO3P+. The third-order valence-electron chi connectivity index (χ3n) is 1.92. The summed E-state index contributed by atoms with van der Waals surface area (Å²) in [5.41, 5.74) is 0.319. The SMILES string of the molecule is C=C(C)C(=O)CCP(O)C(=O)C[N+](C)(C)C. The van der Waals surface area contributed by atoms with E-state index < -0.39 is 8.15 Å². The predicted molar refractivity (Wildman–Crippen MR) is 66.4 cm³/mol. The Balaban J connectivity index is 4.07. The molecule has 0 aromatic heterocycles. The number of quaternary nitrogens is 1. The minimum Gasteiger partial charge on any atom is -0.366 e. The Hall–Kier alpha value is -0.570. The first-order valence-corrected chi connectivity index (χ1v) is 6.60. The highest BCUT2D eigenvalue weighted by Crippen LogP contribution is 2.32. The van der Waals surface area contributed by atoms with Crippen molar-refractivity contribution in [3.8, 4) is 0 Å². The van der Waals surface area contributed by atoms with E-state index in [1.807, 2.05) is 21.1 Å². The summed E-state index contributed by atoms with van der Waals surface area (Å²) in [4.78, 5) is 32.4. The molecule has 0 radical (unpaired) electrons. The van der Waals surface area contributed by atoms with Gasteiger partial charge in [-0.1, -0.05) is 6.58 Å². The Labute approximate surface area is 98.4 Å². The van der Waals surface area contributed by atoms with E-state index in [1.54, 1.807) is 6.92 Å².